The topological polar surface area (TPSA) is 81.6 Å². The summed E-state index contributed by atoms with van der Waals surface area (Å²) in [6.45, 7) is 4.06. The van der Waals surface area contributed by atoms with Crippen LogP contribution in [0, 0.1) is 6.92 Å². The maximum atomic E-state index is 12.7. The lowest BCUT2D eigenvalue weighted by atomic mass is 10.3. The number of aryl methyl sites for hydroxylation is 1. The Morgan fingerprint density at radius 2 is 1.70 bits per heavy atom. The van der Waals surface area contributed by atoms with Crippen LogP contribution in [-0.2, 0) is 14.8 Å². The van der Waals surface area contributed by atoms with E-state index in [2.05, 4.69) is 9.97 Å². The van der Waals surface area contributed by atoms with Crippen LogP contribution in [0.3, 0.4) is 0 Å². The molecule has 0 bridgehead atoms. The third-order valence-corrected chi connectivity index (χ3v) is 7.67. The van der Waals surface area contributed by atoms with E-state index in [9.17, 15) is 8.42 Å². The second kappa shape index (κ2) is 9.30. The normalized spacial score (nSPS) is 15.4. The summed E-state index contributed by atoms with van der Waals surface area (Å²) in [7, 11) is -3.48. The Kier molecular flexibility index (Phi) is 6.52. The van der Waals surface area contributed by atoms with Crippen molar-refractivity contribution in [2.24, 2.45) is 0 Å². The SMILES string of the molecule is Cc1nc2ccccc2nc1SCCOc1ccc(S(=O)(=O)N2CCOCC2)cc1. The molecule has 2 heterocycles. The molecule has 1 aliphatic rings. The Bertz CT molecular complexity index is 1110. The zero-order valence-electron chi connectivity index (χ0n) is 16.7. The Morgan fingerprint density at radius 1 is 1.03 bits per heavy atom. The van der Waals surface area contributed by atoms with Crippen LogP contribution < -0.4 is 4.74 Å². The summed E-state index contributed by atoms with van der Waals surface area (Å²) >= 11 is 1.59. The molecule has 1 aromatic heterocycles. The van der Waals surface area contributed by atoms with Gasteiger partial charge in [0.2, 0.25) is 10.0 Å². The molecule has 1 aliphatic heterocycles. The number of thioether (sulfide) groups is 1. The number of benzene rings is 2. The van der Waals surface area contributed by atoms with Gasteiger partial charge in [0.25, 0.3) is 0 Å². The zero-order chi connectivity index (χ0) is 21.0. The maximum Gasteiger partial charge on any atom is 0.243 e. The fourth-order valence-corrected chi connectivity index (χ4v) is 5.34. The van der Waals surface area contributed by atoms with E-state index in [-0.39, 0.29) is 4.90 Å². The molecule has 0 aliphatic carbocycles. The predicted molar refractivity (Wildman–Crippen MR) is 117 cm³/mol. The first-order valence-electron chi connectivity index (χ1n) is 9.71. The van der Waals surface area contributed by atoms with Crippen molar-refractivity contribution in [3.8, 4) is 5.75 Å². The second-order valence-electron chi connectivity index (χ2n) is 6.79. The number of para-hydroxylation sites is 2. The van der Waals surface area contributed by atoms with Crippen molar-refractivity contribution in [2.75, 3.05) is 38.7 Å². The molecule has 1 saturated heterocycles. The van der Waals surface area contributed by atoms with E-state index in [4.69, 9.17) is 9.47 Å². The minimum absolute atomic E-state index is 0.271. The van der Waals surface area contributed by atoms with Gasteiger partial charge in [-0.05, 0) is 43.3 Å². The molecule has 4 rings (SSSR count). The van der Waals surface area contributed by atoms with Gasteiger partial charge >= 0.3 is 0 Å². The van der Waals surface area contributed by atoms with Gasteiger partial charge in [-0.2, -0.15) is 4.31 Å². The minimum atomic E-state index is -3.48. The molecule has 30 heavy (non-hydrogen) atoms. The molecule has 0 unspecified atom stereocenters. The van der Waals surface area contributed by atoms with Gasteiger partial charge in [-0.1, -0.05) is 12.1 Å². The number of ether oxygens (including phenoxy) is 2. The number of fused-ring (bicyclic) bond motifs is 1. The average molecular weight is 446 g/mol. The van der Waals surface area contributed by atoms with E-state index in [1.807, 2.05) is 31.2 Å². The van der Waals surface area contributed by atoms with Crippen molar-refractivity contribution in [3.63, 3.8) is 0 Å². The van der Waals surface area contributed by atoms with E-state index in [0.29, 0.717) is 44.4 Å². The third-order valence-electron chi connectivity index (χ3n) is 4.72. The Hall–Kier alpha value is -2.20. The van der Waals surface area contributed by atoms with E-state index >= 15 is 0 Å². The second-order valence-corrected chi connectivity index (χ2v) is 9.81. The quantitative estimate of drug-likeness (QED) is 0.408. The van der Waals surface area contributed by atoms with Crippen molar-refractivity contribution in [3.05, 3.63) is 54.2 Å². The van der Waals surface area contributed by atoms with Crippen LogP contribution in [-0.4, -0.2) is 61.4 Å². The van der Waals surface area contributed by atoms with Crippen molar-refractivity contribution < 1.29 is 17.9 Å². The number of nitrogens with zero attached hydrogens (tertiary/aromatic N) is 3. The van der Waals surface area contributed by atoms with E-state index < -0.39 is 10.0 Å². The van der Waals surface area contributed by atoms with E-state index in [0.717, 1.165) is 21.8 Å². The highest BCUT2D eigenvalue weighted by molar-refractivity contribution is 7.99. The lowest BCUT2D eigenvalue weighted by Gasteiger charge is -2.26. The Morgan fingerprint density at radius 3 is 2.40 bits per heavy atom. The zero-order valence-corrected chi connectivity index (χ0v) is 18.3. The number of hydrogen-bond donors (Lipinski definition) is 0. The molecule has 2 aromatic carbocycles. The molecule has 0 spiro atoms. The fourth-order valence-electron chi connectivity index (χ4n) is 3.15. The number of rotatable bonds is 7. The largest absolute Gasteiger partial charge is 0.493 e. The van der Waals surface area contributed by atoms with Crippen LogP contribution in [0.25, 0.3) is 11.0 Å². The van der Waals surface area contributed by atoms with Crippen LogP contribution in [0.2, 0.25) is 0 Å². The third kappa shape index (κ3) is 4.75. The number of morpholine rings is 1. The van der Waals surface area contributed by atoms with Crippen molar-refractivity contribution in [1.29, 1.82) is 0 Å². The number of aromatic nitrogens is 2. The molecule has 0 saturated carbocycles. The van der Waals surface area contributed by atoms with Crippen LogP contribution >= 0.6 is 11.8 Å². The Balaban J connectivity index is 1.32. The van der Waals surface area contributed by atoms with Gasteiger partial charge in [0, 0.05) is 18.8 Å². The first-order chi connectivity index (χ1) is 14.5. The molecule has 0 N–H and O–H groups in total. The summed E-state index contributed by atoms with van der Waals surface area (Å²) in [5.41, 5.74) is 2.67. The van der Waals surface area contributed by atoms with Gasteiger partial charge in [0.1, 0.15) is 10.8 Å². The number of hydrogen-bond acceptors (Lipinski definition) is 7. The Labute approximate surface area is 180 Å². The smallest absolute Gasteiger partial charge is 0.243 e. The van der Waals surface area contributed by atoms with Gasteiger partial charge in [0.05, 0.1) is 41.4 Å². The van der Waals surface area contributed by atoms with Gasteiger partial charge in [-0.3, -0.25) is 0 Å². The average Bonchev–Trinajstić information content (AvgIpc) is 2.78. The molecule has 7 nitrogen and oxygen atoms in total. The highest BCUT2D eigenvalue weighted by atomic mass is 32.2. The summed E-state index contributed by atoms with van der Waals surface area (Å²) in [5.74, 6) is 1.35. The van der Waals surface area contributed by atoms with Gasteiger partial charge in [0.15, 0.2) is 0 Å². The standard InChI is InChI=1S/C21H23N3O4S2/c1-16-21(23-20-5-3-2-4-19(20)22-16)29-15-14-28-17-6-8-18(9-7-17)30(25,26)24-10-12-27-13-11-24/h2-9H,10-15H2,1H3. The van der Waals surface area contributed by atoms with Crippen LogP contribution in [0.15, 0.2) is 58.5 Å². The lowest BCUT2D eigenvalue weighted by molar-refractivity contribution is 0.0730. The maximum absolute atomic E-state index is 12.7. The highest BCUT2D eigenvalue weighted by Gasteiger charge is 2.26. The van der Waals surface area contributed by atoms with Gasteiger partial charge < -0.3 is 9.47 Å². The molecular formula is C21H23N3O4S2. The van der Waals surface area contributed by atoms with Gasteiger partial charge in [-0.15, -0.1) is 11.8 Å². The minimum Gasteiger partial charge on any atom is -0.493 e. The molecule has 158 valence electrons. The van der Waals surface area contributed by atoms with Crippen LogP contribution in [0.4, 0.5) is 0 Å². The van der Waals surface area contributed by atoms with Gasteiger partial charge in [-0.25, -0.2) is 18.4 Å². The summed E-state index contributed by atoms with van der Waals surface area (Å²) in [6, 6.07) is 14.4. The van der Waals surface area contributed by atoms with E-state index in [1.54, 1.807) is 36.0 Å². The summed E-state index contributed by atoms with van der Waals surface area (Å²) in [5, 5.41) is 0.893. The summed E-state index contributed by atoms with van der Waals surface area (Å²) < 4.78 is 37.8. The fraction of sp³-hybridized carbons (Fsp3) is 0.333. The molecule has 9 heteroatoms. The molecule has 0 amide bonds. The molecule has 0 atom stereocenters. The first kappa shape index (κ1) is 21.0. The molecule has 3 aromatic rings. The highest BCUT2D eigenvalue weighted by Crippen LogP contribution is 2.23. The lowest BCUT2D eigenvalue weighted by Crippen LogP contribution is -2.40. The van der Waals surface area contributed by atoms with Crippen molar-refractivity contribution in [2.45, 2.75) is 16.8 Å². The predicted octanol–water partition coefficient (Wildman–Crippen LogP) is 3.13. The molecule has 0 radical (unpaired) electrons. The van der Waals surface area contributed by atoms with Crippen LogP contribution in [0.5, 0.6) is 5.75 Å². The summed E-state index contributed by atoms with van der Waals surface area (Å²) in [6.07, 6.45) is 0. The molecule has 1 fully saturated rings. The van der Waals surface area contributed by atoms with Crippen molar-refractivity contribution in [1.82, 2.24) is 14.3 Å². The monoisotopic (exact) mass is 445 g/mol. The number of sulfonamides is 1. The summed E-state index contributed by atoms with van der Waals surface area (Å²) in [4.78, 5) is 9.53. The molecular weight excluding hydrogens is 422 g/mol. The van der Waals surface area contributed by atoms with Crippen molar-refractivity contribution >= 4 is 32.8 Å². The first-order valence-corrected chi connectivity index (χ1v) is 12.1. The van der Waals surface area contributed by atoms with E-state index in [1.165, 1.54) is 4.31 Å². The van der Waals surface area contributed by atoms with Crippen LogP contribution in [0.1, 0.15) is 5.69 Å².